The van der Waals surface area contributed by atoms with Gasteiger partial charge in [0.1, 0.15) is 6.61 Å². The van der Waals surface area contributed by atoms with Crippen LogP contribution in [0.1, 0.15) is 18.4 Å². The zero-order valence-corrected chi connectivity index (χ0v) is 10.0. The van der Waals surface area contributed by atoms with Gasteiger partial charge in [-0.3, -0.25) is 9.69 Å². The number of hydrogen-bond donors (Lipinski definition) is 1. The summed E-state index contributed by atoms with van der Waals surface area (Å²) in [6.07, 6.45) is 1.76. The summed E-state index contributed by atoms with van der Waals surface area (Å²) in [6, 6.07) is 10.4. The average molecular weight is 233 g/mol. The van der Waals surface area contributed by atoms with E-state index in [2.05, 4.69) is 29.2 Å². The van der Waals surface area contributed by atoms with Gasteiger partial charge in [0.15, 0.2) is 5.78 Å². The molecule has 1 aliphatic heterocycles. The predicted molar refractivity (Wildman–Crippen MR) is 66.5 cm³/mol. The molecule has 0 aliphatic carbocycles. The Balaban J connectivity index is 1.82. The van der Waals surface area contributed by atoms with Crippen LogP contribution in [0, 0.1) is 5.92 Å². The molecule has 1 aliphatic rings. The van der Waals surface area contributed by atoms with Crippen molar-refractivity contribution in [2.75, 3.05) is 19.7 Å². The second-order valence-corrected chi connectivity index (χ2v) is 4.66. The number of rotatable bonds is 4. The molecule has 1 fully saturated rings. The van der Waals surface area contributed by atoms with Gasteiger partial charge in [0, 0.05) is 12.5 Å². The Morgan fingerprint density at radius 2 is 1.88 bits per heavy atom. The van der Waals surface area contributed by atoms with Crippen LogP contribution in [0.3, 0.4) is 0 Å². The fourth-order valence-corrected chi connectivity index (χ4v) is 2.38. The van der Waals surface area contributed by atoms with Gasteiger partial charge in [-0.05, 0) is 31.5 Å². The maximum Gasteiger partial charge on any atom is 0.161 e. The molecule has 1 heterocycles. The number of Topliss-reactive ketones (excluding diaryl/α,β-unsaturated/α-hetero) is 1. The molecule has 1 saturated heterocycles. The van der Waals surface area contributed by atoms with Crippen molar-refractivity contribution in [3.05, 3.63) is 35.9 Å². The van der Waals surface area contributed by atoms with E-state index < -0.39 is 0 Å². The number of aliphatic hydroxyl groups excluding tert-OH is 1. The first-order valence-electron chi connectivity index (χ1n) is 6.19. The van der Waals surface area contributed by atoms with Crippen LogP contribution in [0.5, 0.6) is 0 Å². The molecule has 1 aromatic rings. The standard InChI is InChI=1S/C14H19NO2/c16-11-14(17)13-6-8-15(9-7-13)10-12-4-2-1-3-5-12/h1-5,13,16H,6-11H2. The molecule has 17 heavy (non-hydrogen) atoms. The van der Waals surface area contributed by atoms with Crippen molar-refractivity contribution in [2.45, 2.75) is 19.4 Å². The number of benzene rings is 1. The summed E-state index contributed by atoms with van der Waals surface area (Å²) in [5.41, 5.74) is 1.32. The van der Waals surface area contributed by atoms with Gasteiger partial charge in [-0.2, -0.15) is 0 Å². The van der Waals surface area contributed by atoms with Crippen molar-refractivity contribution in [3.63, 3.8) is 0 Å². The molecule has 0 atom stereocenters. The lowest BCUT2D eigenvalue weighted by molar-refractivity contribution is -0.127. The largest absolute Gasteiger partial charge is 0.389 e. The van der Waals surface area contributed by atoms with Crippen LogP contribution in [-0.2, 0) is 11.3 Å². The third-order valence-electron chi connectivity index (χ3n) is 3.45. The van der Waals surface area contributed by atoms with Crippen LogP contribution in [-0.4, -0.2) is 35.5 Å². The summed E-state index contributed by atoms with van der Waals surface area (Å²) in [6.45, 7) is 2.56. The number of hydrogen-bond acceptors (Lipinski definition) is 3. The molecule has 0 radical (unpaired) electrons. The number of aliphatic hydroxyl groups is 1. The molecular formula is C14H19NO2. The van der Waals surface area contributed by atoms with Crippen molar-refractivity contribution < 1.29 is 9.90 Å². The Labute approximate surface area is 102 Å². The molecule has 3 nitrogen and oxygen atoms in total. The minimum atomic E-state index is -0.302. The molecule has 2 rings (SSSR count). The number of ketones is 1. The van der Waals surface area contributed by atoms with Crippen LogP contribution in [0.15, 0.2) is 30.3 Å². The summed E-state index contributed by atoms with van der Waals surface area (Å²) in [7, 11) is 0. The number of carbonyl (C=O) groups excluding carboxylic acids is 1. The van der Waals surface area contributed by atoms with Crippen molar-refractivity contribution >= 4 is 5.78 Å². The summed E-state index contributed by atoms with van der Waals surface area (Å²) in [5.74, 6) is 0.0800. The van der Waals surface area contributed by atoms with E-state index in [-0.39, 0.29) is 18.3 Å². The highest BCUT2D eigenvalue weighted by molar-refractivity contribution is 5.82. The van der Waals surface area contributed by atoms with Crippen LogP contribution in [0.25, 0.3) is 0 Å². The lowest BCUT2D eigenvalue weighted by Gasteiger charge is -2.30. The quantitative estimate of drug-likeness (QED) is 0.856. The van der Waals surface area contributed by atoms with Gasteiger partial charge in [-0.25, -0.2) is 0 Å². The Morgan fingerprint density at radius 3 is 2.47 bits per heavy atom. The lowest BCUT2D eigenvalue weighted by atomic mass is 9.92. The summed E-state index contributed by atoms with van der Waals surface area (Å²) in [4.78, 5) is 13.7. The van der Waals surface area contributed by atoms with Gasteiger partial charge in [0.2, 0.25) is 0 Å². The first-order chi connectivity index (χ1) is 8.29. The number of nitrogens with zero attached hydrogens (tertiary/aromatic N) is 1. The van der Waals surface area contributed by atoms with E-state index in [1.54, 1.807) is 0 Å². The fraction of sp³-hybridized carbons (Fsp3) is 0.500. The molecule has 0 amide bonds. The fourth-order valence-electron chi connectivity index (χ4n) is 2.38. The summed E-state index contributed by atoms with van der Waals surface area (Å²) >= 11 is 0. The Morgan fingerprint density at radius 1 is 1.24 bits per heavy atom. The number of likely N-dealkylation sites (tertiary alicyclic amines) is 1. The molecular weight excluding hydrogens is 214 g/mol. The molecule has 0 bridgehead atoms. The third-order valence-corrected chi connectivity index (χ3v) is 3.45. The highest BCUT2D eigenvalue weighted by Crippen LogP contribution is 2.19. The molecule has 1 aromatic carbocycles. The maximum atomic E-state index is 11.4. The minimum Gasteiger partial charge on any atom is -0.389 e. The van der Waals surface area contributed by atoms with E-state index in [1.807, 2.05) is 6.07 Å². The van der Waals surface area contributed by atoms with E-state index in [0.29, 0.717) is 0 Å². The molecule has 1 N–H and O–H groups in total. The summed E-state index contributed by atoms with van der Waals surface area (Å²) < 4.78 is 0. The van der Waals surface area contributed by atoms with E-state index in [1.165, 1.54) is 5.56 Å². The first-order valence-corrected chi connectivity index (χ1v) is 6.19. The maximum absolute atomic E-state index is 11.4. The van der Waals surface area contributed by atoms with Gasteiger partial charge in [0.05, 0.1) is 0 Å². The van der Waals surface area contributed by atoms with Gasteiger partial charge >= 0.3 is 0 Å². The van der Waals surface area contributed by atoms with Crippen LogP contribution < -0.4 is 0 Å². The second kappa shape index (κ2) is 5.94. The van der Waals surface area contributed by atoms with Crippen molar-refractivity contribution in [1.29, 1.82) is 0 Å². The highest BCUT2D eigenvalue weighted by Gasteiger charge is 2.23. The molecule has 0 aromatic heterocycles. The minimum absolute atomic E-state index is 0.00404. The van der Waals surface area contributed by atoms with Crippen molar-refractivity contribution in [2.24, 2.45) is 5.92 Å². The predicted octanol–water partition coefficient (Wildman–Crippen LogP) is 1.46. The monoisotopic (exact) mass is 233 g/mol. The normalized spacial score (nSPS) is 18.2. The molecule has 0 unspecified atom stereocenters. The zero-order valence-electron chi connectivity index (χ0n) is 10.0. The molecule has 0 spiro atoms. The lowest BCUT2D eigenvalue weighted by Crippen LogP contribution is -2.36. The Hall–Kier alpha value is -1.19. The average Bonchev–Trinajstić information content (AvgIpc) is 2.40. The van der Waals surface area contributed by atoms with Crippen molar-refractivity contribution in [3.8, 4) is 0 Å². The van der Waals surface area contributed by atoms with Gasteiger partial charge in [-0.1, -0.05) is 30.3 Å². The van der Waals surface area contributed by atoms with E-state index >= 15 is 0 Å². The second-order valence-electron chi connectivity index (χ2n) is 4.66. The van der Waals surface area contributed by atoms with Crippen molar-refractivity contribution in [1.82, 2.24) is 4.90 Å². The highest BCUT2D eigenvalue weighted by atomic mass is 16.3. The van der Waals surface area contributed by atoms with Crippen LogP contribution in [0.4, 0.5) is 0 Å². The first kappa shape index (κ1) is 12.3. The molecule has 0 saturated carbocycles. The van der Waals surface area contributed by atoms with E-state index in [9.17, 15) is 4.79 Å². The van der Waals surface area contributed by atoms with Crippen LogP contribution in [0.2, 0.25) is 0 Å². The van der Waals surface area contributed by atoms with Gasteiger partial charge in [0.25, 0.3) is 0 Å². The molecule has 3 heteroatoms. The number of carbonyl (C=O) groups is 1. The Bertz CT molecular complexity index is 356. The van der Waals surface area contributed by atoms with Gasteiger partial charge < -0.3 is 5.11 Å². The van der Waals surface area contributed by atoms with Crippen LogP contribution >= 0.6 is 0 Å². The smallest absolute Gasteiger partial charge is 0.161 e. The summed E-state index contributed by atoms with van der Waals surface area (Å²) in [5, 5.41) is 8.82. The zero-order chi connectivity index (χ0) is 12.1. The van der Waals surface area contributed by atoms with E-state index in [0.717, 1.165) is 32.5 Å². The SMILES string of the molecule is O=C(CO)C1CCN(Cc2ccccc2)CC1. The van der Waals surface area contributed by atoms with Gasteiger partial charge in [-0.15, -0.1) is 0 Å². The molecule has 92 valence electrons. The topological polar surface area (TPSA) is 40.5 Å². The van der Waals surface area contributed by atoms with E-state index in [4.69, 9.17) is 5.11 Å². The number of piperidine rings is 1. The Kier molecular flexibility index (Phi) is 4.29. The third kappa shape index (κ3) is 3.38.